The fourth-order valence-corrected chi connectivity index (χ4v) is 1.55. The Morgan fingerprint density at radius 2 is 1.82 bits per heavy atom. The van der Waals surface area contributed by atoms with Crippen molar-refractivity contribution in [3.05, 3.63) is 53.5 Å². The molecule has 0 unspecified atom stereocenters. The summed E-state index contributed by atoms with van der Waals surface area (Å²) in [6.07, 6.45) is 0. The molecular formula is C13H10FNO2. The van der Waals surface area contributed by atoms with E-state index in [4.69, 9.17) is 5.11 Å². The standard InChI is InChI=1S/C13H10FNO2/c1-8-2-7-11(13(16)17)15-12(8)9-3-5-10(14)6-4-9/h2-7H,1H3,(H,16,17). The molecule has 0 saturated carbocycles. The zero-order chi connectivity index (χ0) is 12.4. The van der Waals surface area contributed by atoms with E-state index in [1.54, 1.807) is 18.2 Å². The van der Waals surface area contributed by atoms with Crippen molar-refractivity contribution in [3.63, 3.8) is 0 Å². The molecule has 1 aromatic carbocycles. The van der Waals surface area contributed by atoms with Crippen molar-refractivity contribution in [1.82, 2.24) is 4.98 Å². The number of carboxylic acids is 1. The van der Waals surface area contributed by atoms with Crippen LogP contribution in [0, 0.1) is 12.7 Å². The van der Waals surface area contributed by atoms with Gasteiger partial charge in [-0.25, -0.2) is 14.2 Å². The molecule has 0 bridgehead atoms. The molecule has 86 valence electrons. The lowest BCUT2D eigenvalue weighted by atomic mass is 10.1. The third kappa shape index (κ3) is 2.30. The molecule has 0 atom stereocenters. The Balaban J connectivity index is 2.54. The molecule has 4 heteroatoms. The van der Waals surface area contributed by atoms with Crippen LogP contribution in [0.1, 0.15) is 16.1 Å². The normalized spacial score (nSPS) is 10.2. The summed E-state index contributed by atoms with van der Waals surface area (Å²) in [6, 6.07) is 8.94. The first-order valence-electron chi connectivity index (χ1n) is 5.05. The minimum absolute atomic E-state index is 0.0186. The Kier molecular flexibility index (Phi) is 2.87. The maximum Gasteiger partial charge on any atom is 0.354 e. The zero-order valence-corrected chi connectivity index (χ0v) is 9.14. The molecule has 2 rings (SSSR count). The lowest BCUT2D eigenvalue weighted by Gasteiger charge is -2.06. The second kappa shape index (κ2) is 4.33. The summed E-state index contributed by atoms with van der Waals surface area (Å²) < 4.78 is 12.8. The van der Waals surface area contributed by atoms with E-state index in [1.165, 1.54) is 18.2 Å². The minimum atomic E-state index is -1.08. The van der Waals surface area contributed by atoms with Crippen molar-refractivity contribution in [3.8, 4) is 11.3 Å². The topological polar surface area (TPSA) is 50.2 Å². The van der Waals surface area contributed by atoms with Crippen LogP contribution >= 0.6 is 0 Å². The number of benzene rings is 1. The molecule has 0 saturated heterocycles. The monoisotopic (exact) mass is 231 g/mol. The third-order valence-electron chi connectivity index (χ3n) is 2.43. The van der Waals surface area contributed by atoms with Gasteiger partial charge in [-0.05, 0) is 42.8 Å². The fraction of sp³-hybridized carbons (Fsp3) is 0.0769. The van der Waals surface area contributed by atoms with Crippen molar-refractivity contribution >= 4 is 5.97 Å². The molecule has 17 heavy (non-hydrogen) atoms. The second-order valence-corrected chi connectivity index (χ2v) is 3.67. The number of hydrogen-bond acceptors (Lipinski definition) is 2. The molecule has 3 nitrogen and oxygen atoms in total. The highest BCUT2D eigenvalue weighted by molar-refractivity contribution is 5.86. The molecule has 2 aromatic rings. The number of aromatic carboxylic acids is 1. The zero-order valence-electron chi connectivity index (χ0n) is 9.14. The largest absolute Gasteiger partial charge is 0.477 e. The van der Waals surface area contributed by atoms with E-state index in [0.29, 0.717) is 11.3 Å². The first-order valence-corrected chi connectivity index (χ1v) is 5.05. The van der Waals surface area contributed by atoms with Crippen LogP contribution in [0.15, 0.2) is 36.4 Å². The number of halogens is 1. The van der Waals surface area contributed by atoms with E-state index in [0.717, 1.165) is 5.56 Å². The van der Waals surface area contributed by atoms with Gasteiger partial charge in [-0.3, -0.25) is 0 Å². The van der Waals surface area contributed by atoms with Gasteiger partial charge in [0.2, 0.25) is 0 Å². The summed E-state index contributed by atoms with van der Waals surface area (Å²) in [7, 11) is 0. The number of carboxylic acid groups (broad SMARTS) is 1. The maximum absolute atomic E-state index is 12.8. The SMILES string of the molecule is Cc1ccc(C(=O)O)nc1-c1ccc(F)cc1. The highest BCUT2D eigenvalue weighted by atomic mass is 19.1. The first kappa shape index (κ1) is 11.3. The van der Waals surface area contributed by atoms with Crippen LogP contribution in [0.5, 0.6) is 0 Å². The van der Waals surface area contributed by atoms with E-state index in [2.05, 4.69) is 4.98 Å². The van der Waals surface area contributed by atoms with Gasteiger partial charge in [-0.2, -0.15) is 0 Å². The highest BCUT2D eigenvalue weighted by Crippen LogP contribution is 2.21. The fourth-order valence-electron chi connectivity index (χ4n) is 1.55. The predicted octanol–water partition coefficient (Wildman–Crippen LogP) is 2.89. The van der Waals surface area contributed by atoms with Gasteiger partial charge in [-0.1, -0.05) is 6.07 Å². The van der Waals surface area contributed by atoms with Crippen molar-refractivity contribution in [2.75, 3.05) is 0 Å². The third-order valence-corrected chi connectivity index (χ3v) is 2.43. The van der Waals surface area contributed by atoms with Crippen LogP contribution in [0.2, 0.25) is 0 Å². The van der Waals surface area contributed by atoms with Crippen LogP contribution in [0.4, 0.5) is 4.39 Å². The average Bonchev–Trinajstić information content (AvgIpc) is 2.31. The summed E-state index contributed by atoms with van der Waals surface area (Å²) in [5, 5.41) is 8.87. The van der Waals surface area contributed by atoms with Gasteiger partial charge in [0.15, 0.2) is 0 Å². The number of rotatable bonds is 2. The summed E-state index contributed by atoms with van der Waals surface area (Å²) >= 11 is 0. The van der Waals surface area contributed by atoms with Crippen LogP contribution in [0.25, 0.3) is 11.3 Å². The van der Waals surface area contributed by atoms with Gasteiger partial charge < -0.3 is 5.11 Å². The van der Waals surface area contributed by atoms with E-state index in [1.807, 2.05) is 6.92 Å². The predicted molar refractivity (Wildman–Crippen MR) is 61.3 cm³/mol. The van der Waals surface area contributed by atoms with Gasteiger partial charge >= 0.3 is 5.97 Å². The molecule has 0 radical (unpaired) electrons. The molecular weight excluding hydrogens is 221 g/mol. The van der Waals surface area contributed by atoms with Crippen molar-refractivity contribution < 1.29 is 14.3 Å². The summed E-state index contributed by atoms with van der Waals surface area (Å²) in [5.74, 6) is -1.41. The number of aromatic nitrogens is 1. The minimum Gasteiger partial charge on any atom is -0.477 e. The lowest BCUT2D eigenvalue weighted by molar-refractivity contribution is 0.0690. The Morgan fingerprint density at radius 1 is 1.18 bits per heavy atom. The molecule has 0 spiro atoms. The summed E-state index contributed by atoms with van der Waals surface area (Å²) in [6.45, 7) is 1.83. The first-order chi connectivity index (χ1) is 8.08. The van der Waals surface area contributed by atoms with Crippen molar-refractivity contribution in [1.29, 1.82) is 0 Å². The molecule has 1 N–H and O–H groups in total. The van der Waals surface area contributed by atoms with E-state index in [-0.39, 0.29) is 11.5 Å². The van der Waals surface area contributed by atoms with Crippen LogP contribution in [-0.4, -0.2) is 16.1 Å². The molecule has 0 fully saturated rings. The molecule has 1 aromatic heterocycles. The van der Waals surface area contributed by atoms with Crippen molar-refractivity contribution in [2.45, 2.75) is 6.92 Å². The summed E-state index contributed by atoms with van der Waals surface area (Å²) in [5.41, 5.74) is 2.09. The van der Waals surface area contributed by atoms with Gasteiger partial charge in [0.1, 0.15) is 11.5 Å². The lowest BCUT2D eigenvalue weighted by Crippen LogP contribution is -2.02. The van der Waals surface area contributed by atoms with E-state index < -0.39 is 5.97 Å². The molecule has 0 amide bonds. The second-order valence-electron chi connectivity index (χ2n) is 3.67. The molecule has 0 aliphatic rings. The maximum atomic E-state index is 12.8. The quantitative estimate of drug-likeness (QED) is 0.864. The van der Waals surface area contributed by atoms with Crippen LogP contribution in [0.3, 0.4) is 0 Å². The van der Waals surface area contributed by atoms with Gasteiger partial charge in [0, 0.05) is 5.56 Å². The molecule has 0 aliphatic carbocycles. The van der Waals surface area contributed by atoms with Crippen LogP contribution in [-0.2, 0) is 0 Å². The molecule has 0 aliphatic heterocycles. The Morgan fingerprint density at radius 3 is 2.41 bits per heavy atom. The van der Waals surface area contributed by atoms with E-state index >= 15 is 0 Å². The molecule has 1 heterocycles. The van der Waals surface area contributed by atoms with Crippen molar-refractivity contribution in [2.24, 2.45) is 0 Å². The number of carbonyl (C=O) groups is 1. The Hall–Kier alpha value is -2.23. The Labute approximate surface area is 97.6 Å². The van der Waals surface area contributed by atoms with Gasteiger partial charge in [-0.15, -0.1) is 0 Å². The number of nitrogens with zero attached hydrogens (tertiary/aromatic N) is 1. The average molecular weight is 231 g/mol. The highest BCUT2D eigenvalue weighted by Gasteiger charge is 2.09. The van der Waals surface area contributed by atoms with Gasteiger partial charge in [0.25, 0.3) is 0 Å². The summed E-state index contributed by atoms with van der Waals surface area (Å²) in [4.78, 5) is 14.9. The number of hydrogen-bond donors (Lipinski definition) is 1. The van der Waals surface area contributed by atoms with E-state index in [9.17, 15) is 9.18 Å². The Bertz CT molecular complexity index is 564. The number of aryl methyl sites for hydroxylation is 1. The smallest absolute Gasteiger partial charge is 0.354 e. The van der Waals surface area contributed by atoms with Crippen LogP contribution < -0.4 is 0 Å². The van der Waals surface area contributed by atoms with Gasteiger partial charge in [0.05, 0.1) is 5.69 Å². The number of pyridine rings is 1.